The largest absolute Gasteiger partial charge is 0.321 e. The van der Waals surface area contributed by atoms with E-state index >= 15 is 0 Å². The van der Waals surface area contributed by atoms with Crippen molar-refractivity contribution in [3.05, 3.63) is 52.2 Å². The van der Waals surface area contributed by atoms with Crippen LogP contribution in [-0.2, 0) is 6.42 Å². The molecule has 0 aliphatic heterocycles. The molecular weight excluding hydrogens is 254 g/mol. The third-order valence-corrected chi connectivity index (χ3v) is 3.89. The van der Waals surface area contributed by atoms with Crippen LogP contribution in [0.2, 0.25) is 0 Å². The van der Waals surface area contributed by atoms with Gasteiger partial charge in [0.05, 0.1) is 4.88 Å². The minimum absolute atomic E-state index is 0.0336. The van der Waals surface area contributed by atoms with Gasteiger partial charge in [0, 0.05) is 5.69 Å². The number of nitrogens with one attached hydrogen (secondary N) is 1. The van der Waals surface area contributed by atoms with Crippen molar-refractivity contribution < 1.29 is 4.79 Å². The lowest BCUT2D eigenvalue weighted by Crippen LogP contribution is -2.09. The van der Waals surface area contributed by atoms with Gasteiger partial charge in [-0.1, -0.05) is 38.0 Å². The highest BCUT2D eigenvalue weighted by Gasteiger charge is 2.06. The molecule has 0 aliphatic carbocycles. The van der Waals surface area contributed by atoms with Crippen LogP contribution >= 0.6 is 11.3 Å². The van der Waals surface area contributed by atoms with Gasteiger partial charge < -0.3 is 5.32 Å². The van der Waals surface area contributed by atoms with E-state index in [9.17, 15) is 4.79 Å². The number of anilines is 1. The molecule has 0 spiro atoms. The summed E-state index contributed by atoms with van der Waals surface area (Å²) in [6.07, 6.45) is 4.87. The Balaban J connectivity index is 1.90. The fraction of sp³-hybridized carbons (Fsp3) is 0.312. The fourth-order valence-electron chi connectivity index (χ4n) is 1.93. The topological polar surface area (TPSA) is 29.1 Å². The molecule has 1 amide bonds. The maximum atomic E-state index is 11.9. The van der Waals surface area contributed by atoms with Crippen molar-refractivity contribution in [1.29, 1.82) is 0 Å². The predicted octanol–water partition coefficient (Wildman–Crippen LogP) is 4.73. The number of hydrogen-bond donors (Lipinski definition) is 1. The molecule has 0 bridgehead atoms. The number of thiophene rings is 1. The summed E-state index contributed by atoms with van der Waals surface area (Å²) >= 11 is 1.45. The van der Waals surface area contributed by atoms with Crippen LogP contribution in [0, 0.1) is 0 Å². The molecule has 100 valence electrons. The number of unbranched alkanes of at least 4 members (excludes halogenated alkanes) is 2. The normalized spacial score (nSPS) is 10.4. The van der Waals surface area contributed by atoms with Crippen molar-refractivity contribution in [1.82, 2.24) is 0 Å². The Morgan fingerprint density at radius 2 is 1.95 bits per heavy atom. The molecule has 2 aromatic rings. The van der Waals surface area contributed by atoms with E-state index in [0.717, 1.165) is 17.0 Å². The lowest BCUT2D eigenvalue weighted by Gasteiger charge is -2.05. The number of amides is 1. The van der Waals surface area contributed by atoms with Crippen molar-refractivity contribution in [3.63, 3.8) is 0 Å². The maximum absolute atomic E-state index is 11.9. The van der Waals surface area contributed by atoms with Gasteiger partial charge in [-0.05, 0) is 42.0 Å². The van der Waals surface area contributed by atoms with Crippen LogP contribution in [0.3, 0.4) is 0 Å². The molecule has 19 heavy (non-hydrogen) atoms. The Morgan fingerprint density at radius 3 is 2.58 bits per heavy atom. The Labute approximate surface area is 118 Å². The molecule has 0 saturated heterocycles. The first-order valence-corrected chi connectivity index (χ1v) is 7.61. The van der Waals surface area contributed by atoms with E-state index in [-0.39, 0.29) is 5.91 Å². The maximum Gasteiger partial charge on any atom is 0.265 e. The van der Waals surface area contributed by atoms with E-state index in [0.29, 0.717) is 0 Å². The summed E-state index contributed by atoms with van der Waals surface area (Å²) in [7, 11) is 0. The van der Waals surface area contributed by atoms with Crippen LogP contribution in [-0.4, -0.2) is 5.91 Å². The predicted molar refractivity (Wildman–Crippen MR) is 81.9 cm³/mol. The molecule has 0 saturated carbocycles. The van der Waals surface area contributed by atoms with Gasteiger partial charge in [0.15, 0.2) is 0 Å². The van der Waals surface area contributed by atoms with Crippen LogP contribution in [0.1, 0.15) is 41.4 Å². The molecule has 1 N–H and O–H groups in total. The van der Waals surface area contributed by atoms with E-state index < -0.39 is 0 Å². The molecule has 0 fully saturated rings. The third-order valence-electron chi connectivity index (χ3n) is 3.03. The van der Waals surface area contributed by atoms with Crippen LogP contribution < -0.4 is 5.32 Å². The molecule has 2 rings (SSSR count). The van der Waals surface area contributed by atoms with E-state index in [1.165, 1.54) is 36.2 Å². The number of rotatable bonds is 6. The van der Waals surface area contributed by atoms with Crippen LogP contribution in [0.5, 0.6) is 0 Å². The molecular formula is C16H19NOS. The van der Waals surface area contributed by atoms with Crippen molar-refractivity contribution in [2.45, 2.75) is 32.6 Å². The standard InChI is InChI=1S/C16H19NOS/c1-2-3-4-6-13-8-10-14(11-9-13)17-16(18)15-7-5-12-19-15/h5,7-12H,2-4,6H2,1H3,(H,17,18). The molecule has 0 atom stereocenters. The molecule has 0 unspecified atom stereocenters. The second-order valence-corrected chi connectivity index (χ2v) is 5.53. The number of hydrogen-bond acceptors (Lipinski definition) is 2. The summed E-state index contributed by atoms with van der Waals surface area (Å²) in [5.41, 5.74) is 2.19. The first-order valence-electron chi connectivity index (χ1n) is 6.73. The third kappa shape index (κ3) is 4.21. The molecule has 3 heteroatoms. The molecule has 2 nitrogen and oxygen atoms in total. The fourth-order valence-corrected chi connectivity index (χ4v) is 2.55. The Morgan fingerprint density at radius 1 is 1.16 bits per heavy atom. The van der Waals surface area contributed by atoms with Crippen molar-refractivity contribution in [2.75, 3.05) is 5.32 Å². The van der Waals surface area contributed by atoms with Gasteiger partial charge in [0.1, 0.15) is 0 Å². The monoisotopic (exact) mass is 273 g/mol. The van der Waals surface area contributed by atoms with Crippen molar-refractivity contribution in [2.24, 2.45) is 0 Å². The minimum atomic E-state index is -0.0336. The van der Waals surface area contributed by atoms with Gasteiger partial charge in [-0.15, -0.1) is 11.3 Å². The molecule has 0 aliphatic rings. The lowest BCUT2D eigenvalue weighted by atomic mass is 10.1. The summed E-state index contributed by atoms with van der Waals surface area (Å²) in [6, 6.07) is 11.9. The van der Waals surface area contributed by atoms with Gasteiger partial charge in [-0.3, -0.25) is 4.79 Å². The highest BCUT2D eigenvalue weighted by atomic mass is 32.1. The number of benzene rings is 1. The average molecular weight is 273 g/mol. The van der Waals surface area contributed by atoms with Gasteiger partial charge in [-0.25, -0.2) is 0 Å². The van der Waals surface area contributed by atoms with Crippen LogP contribution in [0.4, 0.5) is 5.69 Å². The zero-order chi connectivity index (χ0) is 13.5. The Bertz CT molecular complexity index is 502. The number of carbonyl (C=O) groups excluding carboxylic acids is 1. The highest BCUT2D eigenvalue weighted by molar-refractivity contribution is 7.12. The Kier molecular flexibility index (Phi) is 5.16. The van der Waals surface area contributed by atoms with Gasteiger partial charge in [0.2, 0.25) is 0 Å². The average Bonchev–Trinajstić information content (AvgIpc) is 2.95. The van der Waals surface area contributed by atoms with Crippen LogP contribution in [0.25, 0.3) is 0 Å². The zero-order valence-corrected chi connectivity index (χ0v) is 12.0. The molecule has 1 heterocycles. The smallest absolute Gasteiger partial charge is 0.265 e. The van der Waals surface area contributed by atoms with E-state index in [1.54, 1.807) is 0 Å². The summed E-state index contributed by atoms with van der Waals surface area (Å²) in [6.45, 7) is 2.21. The summed E-state index contributed by atoms with van der Waals surface area (Å²) in [5.74, 6) is -0.0336. The number of aryl methyl sites for hydroxylation is 1. The van der Waals surface area contributed by atoms with E-state index in [2.05, 4.69) is 24.4 Å². The minimum Gasteiger partial charge on any atom is -0.321 e. The Hall–Kier alpha value is -1.61. The highest BCUT2D eigenvalue weighted by Crippen LogP contribution is 2.15. The van der Waals surface area contributed by atoms with Crippen molar-refractivity contribution >= 4 is 22.9 Å². The summed E-state index contributed by atoms with van der Waals surface area (Å²) < 4.78 is 0. The summed E-state index contributed by atoms with van der Waals surface area (Å²) in [4.78, 5) is 12.6. The van der Waals surface area contributed by atoms with Gasteiger partial charge in [-0.2, -0.15) is 0 Å². The molecule has 0 radical (unpaired) electrons. The van der Waals surface area contributed by atoms with E-state index in [4.69, 9.17) is 0 Å². The van der Waals surface area contributed by atoms with Gasteiger partial charge >= 0.3 is 0 Å². The second-order valence-electron chi connectivity index (χ2n) is 4.59. The second kappa shape index (κ2) is 7.10. The SMILES string of the molecule is CCCCCc1ccc(NC(=O)c2cccs2)cc1. The molecule has 1 aromatic heterocycles. The quantitative estimate of drug-likeness (QED) is 0.757. The first-order chi connectivity index (χ1) is 9.29. The van der Waals surface area contributed by atoms with Crippen LogP contribution in [0.15, 0.2) is 41.8 Å². The lowest BCUT2D eigenvalue weighted by molar-refractivity contribution is 0.103. The first kappa shape index (κ1) is 13.8. The summed E-state index contributed by atoms with van der Waals surface area (Å²) in [5, 5.41) is 4.82. The van der Waals surface area contributed by atoms with Crippen molar-refractivity contribution in [3.8, 4) is 0 Å². The molecule has 1 aromatic carbocycles. The van der Waals surface area contributed by atoms with Gasteiger partial charge in [0.25, 0.3) is 5.91 Å². The zero-order valence-electron chi connectivity index (χ0n) is 11.2. The number of carbonyl (C=O) groups is 1. The van der Waals surface area contributed by atoms with E-state index in [1.807, 2.05) is 29.6 Å².